The number of ether oxygens (including phenoxy) is 1. The van der Waals surface area contributed by atoms with Crippen molar-refractivity contribution in [3.8, 4) is 5.75 Å². The van der Waals surface area contributed by atoms with E-state index in [2.05, 4.69) is 36.2 Å². The number of hydrogen-bond donors (Lipinski definition) is 1. The lowest BCUT2D eigenvalue weighted by molar-refractivity contribution is -0.122. The standard InChI is InChI=1S/C21H30N2O2/c1-16(2)7-11-23-12-8-18(9-13-23)22-21(24)15-17-10-14-25-20-6-4-3-5-19(17)20/h3-7,17-18H,8-15H2,1-2H3,(H,22,24)/t17-/m0/s1. The van der Waals surface area contributed by atoms with E-state index in [0.717, 1.165) is 44.6 Å². The SMILES string of the molecule is CC(C)=CCN1CCC(NC(=O)C[C@@H]2CCOc3ccccc32)CC1. The molecule has 0 saturated carbocycles. The lowest BCUT2D eigenvalue weighted by atomic mass is 9.90. The molecule has 136 valence electrons. The first-order valence-electron chi connectivity index (χ1n) is 9.48. The van der Waals surface area contributed by atoms with Crippen molar-refractivity contribution in [2.45, 2.75) is 51.5 Å². The van der Waals surface area contributed by atoms with Crippen molar-refractivity contribution in [2.75, 3.05) is 26.2 Å². The smallest absolute Gasteiger partial charge is 0.220 e. The van der Waals surface area contributed by atoms with E-state index < -0.39 is 0 Å². The van der Waals surface area contributed by atoms with Crippen LogP contribution in [0.2, 0.25) is 0 Å². The molecule has 0 bridgehead atoms. The first kappa shape index (κ1) is 18.0. The van der Waals surface area contributed by atoms with E-state index in [4.69, 9.17) is 4.74 Å². The van der Waals surface area contributed by atoms with Gasteiger partial charge in [-0.3, -0.25) is 9.69 Å². The van der Waals surface area contributed by atoms with Gasteiger partial charge >= 0.3 is 0 Å². The number of nitrogens with zero attached hydrogens (tertiary/aromatic N) is 1. The number of allylic oxidation sites excluding steroid dienone is 1. The Morgan fingerprint density at radius 3 is 2.76 bits per heavy atom. The molecule has 4 heteroatoms. The van der Waals surface area contributed by atoms with Crippen LogP contribution in [-0.4, -0.2) is 43.1 Å². The molecule has 2 aliphatic rings. The summed E-state index contributed by atoms with van der Waals surface area (Å²) in [5.74, 6) is 1.41. The number of fused-ring (bicyclic) bond motifs is 1. The minimum Gasteiger partial charge on any atom is -0.493 e. The Labute approximate surface area is 151 Å². The average molecular weight is 342 g/mol. The number of benzene rings is 1. The molecule has 1 aromatic rings. The normalized spacial score (nSPS) is 21.1. The van der Waals surface area contributed by atoms with Crippen LogP contribution in [0.15, 0.2) is 35.9 Å². The number of amides is 1. The second-order valence-corrected chi connectivity index (χ2v) is 7.50. The molecule has 0 radical (unpaired) electrons. The summed E-state index contributed by atoms with van der Waals surface area (Å²) >= 11 is 0. The molecule has 0 spiro atoms. The number of para-hydroxylation sites is 1. The molecule has 1 N–H and O–H groups in total. The van der Waals surface area contributed by atoms with Gasteiger partial charge in [-0.1, -0.05) is 29.8 Å². The van der Waals surface area contributed by atoms with Gasteiger partial charge < -0.3 is 10.1 Å². The maximum atomic E-state index is 12.5. The fourth-order valence-corrected chi connectivity index (χ4v) is 3.71. The summed E-state index contributed by atoms with van der Waals surface area (Å²) in [7, 11) is 0. The largest absolute Gasteiger partial charge is 0.493 e. The second kappa shape index (κ2) is 8.52. The Balaban J connectivity index is 1.46. The third kappa shape index (κ3) is 5.08. The summed E-state index contributed by atoms with van der Waals surface area (Å²) in [5.41, 5.74) is 2.55. The Bertz CT molecular complexity index is 614. The van der Waals surface area contributed by atoms with Crippen LogP contribution in [0.1, 0.15) is 51.0 Å². The van der Waals surface area contributed by atoms with E-state index in [-0.39, 0.29) is 11.8 Å². The number of hydrogen-bond acceptors (Lipinski definition) is 3. The van der Waals surface area contributed by atoms with Gasteiger partial charge in [-0.2, -0.15) is 0 Å². The van der Waals surface area contributed by atoms with Gasteiger partial charge in [0, 0.05) is 32.1 Å². The molecule has 25 heavy (non-hydrogen) atoms. The third-order valence-corrected chi connectivity index (χ3v) is 5.22. The van der Waals surface area contributed by atoms with Gasteiger partial charge in [0.25, 0.3) is 0 Å². The van der Waals surface area contributed by atoms with Gasteiger partial charge in [0.1, 0.15) is 5.75 Å². The second-order valence-electron chi connectivity index (χ2n) is 7.50. The number of rotatable bonds is 5. The molecular formula is C21H30N2O2. The van der Waals surface area contributed by atoms with Gasteiger partial charge in [0.2, 0.25) is 5.91 Å². The van der Waals surface area contributed by atoms with Gasteiger partial charge in [0.05, 0.1) is 6.61 Å². The molecule has 1 fully saturated rings. The molecular weight excluding hydrogens is 312 g/mol. The maximum Gasteiger partial charge on any atom is 0.220 e. The zero-order valence-corrected chi connectivity index (χ0v) is 15.5. The fraction of sp³-hybridized carbons (Fsp3) is 0.571. The van der Waals surface area contributed by atoms with Gasteiger partial charge in [0.15, 0.2) is 0 Å². The zero-order chi connectivity index (χ0) is 17.6. The molecule has 2 heterocycles. The molecule has 1 amide bonds. The molecule has 1 atom stereocenters. The summed E-state index contributed by atoms with van der Waals surface area (Å²) in [4.78, 5) is 15.0. The highest BCUT2D eigenvalue weighted by Gasteiger charge is 2.25. The van der Waals surface area contributed by atoms with Crippen LogP contribution in [-0.2, 0) is 4.79 Å². The molecule has 0 aliphatic carbocycles. The summed E-state index contributed by atoms with van der Waals surface area (Å²) < 4.78 is 5.69. The molecule has 1 saturated heterocycles. The van der Waals surface area contributed by atoms with Crippen molar-refractivity contribution < 1.29 is 9.53 Å². The van der Waals surface area contributed by atoms with Crippen molar-refractivity contribution in [3.63, 3.8) is 0 Å². The maximum absolute atomic E-state index is 12.5. The summed E-state index contributed by atoms with van der Waals surface area (Å²) in [5, 5.41) is 3.26. The highest BCUT2D eigenvalue weighted by Crippen LogP contribution is 2.35. The van der Waals surface area contributed by atoms with Crippen molar-refractivity contribution in [2.24, 2.45) is 0 Å². The molecule has 1 aromatic carbocycles. The van der Waals surface area contributed by atoms with Crippen LogP contribution in [0.5, 0.6) is 5.75 Å². The molecule has 2 aliphatic heterocycles. The van der Waals surface area contributed by atoms with Crippen molar-refractivity contribution in [1.29, 1.82) is 0 Å². The monoisotopic (exact) mass is 342 g/mol. The van der Waals surface area contributed by atoms with Gasteiger partial charge in [-0.05, 0) is 50.7 Å². The van der Waals surface area contributed by atoms with Crippen LogP contribution >= 0.6 is 0 Å². The summed E-state index contributed by atoms with van der Waals surface area (Å²) in [6.07, 6.45) is 5.87. The van der Waals surface area contributed by atoms with E-state index in [1.54, 1.807) is 0 Å². The van der Waals surface area contributed by atoms with Crippen LogP contribution < -0.4 is 10.1 Å². The lowest BCUT2D eigenvalue weighted by Crippen LogP contribution is -2.45. The van der Waals surface area contributed by atoms with Gasteiger partial charge in [-0.25, -0.2) is 0 Å². The zero-order valence-electron chi connectivity index (χ0n) is 15.5. The Kier molecular flexibility index (Phi) is 6.14. The first-order chi connectivity index (χ1) is 12.1. The Hall–Kier alpha value is -1.81. The highest BCUT2D eigenvalue weighted by atomic mass is 16.5. The van der Waals surface area contributed by atoms with Crippen LogP contribution in [0.3, 0.4) is 0 Å². The summed E-state index contributed by atoms with van der Waals surface area (Å²) in [6.45, 7) is 8.14. The lowest BCUT2D eigenvalue weighted by Gasteiger charge is -2.32. The summed E-state index contributed by atoms with van der Waals surface area (Å²) in [6, 6.07) is 8.44. The van der Waals surface area contributed by atoms with E-state index in [9.17, 15) is 4.79 Å². The van der Waals surface area contributed by atoms with Crippen LogP contribution in [0.4, 0.5) is 0 Å². The number of carbonyl (C=O) groups excluding carboxylic acids is 1. The van der Waals surface area contributed by atoms with E-state index in [1.807, 2.05) is 18.2 Å². The van der Waals surface area contributed by atoms with Crippen molar-refractivity contribution in [1.82, 2.24) is 10.2 Å². The predicted molar refractivity (Wildman–Crippen MR) is 101 cm³/mol. The quantitative estimate of drug-likeness (QED) is 0.833. The van der Waals surface area contributed by atoms with Gasteiger partial charge in [-0.15, -0.1) is 0 Å². The number of piperidine rings is 1. The number of nitrogens with one attached hydrogen (secondary N) is 1. The third-order valence-electron chi connectivity index (χ3n) is 5.22. The first-order valence-corrected chi connectivity index (χ1v) is 9.48. The topological polar surface area (TPSA) is 41.6 Å². The molecule has 0 aromatic heterocycles. The average Bonchev–Trinajstić information content (AvgIpc) is 2.61. The van der Waals surface area contributed by atoms with E-state index in [1.165, 1.54) is 11.1 Å². The van der Waals surface area contributed by atoms with Crippen LogP contribution in [0, 0.1) is 0 Å². The number of likely N-dealkylation sites (tertiary alicyclic amines) is 1. The minimum atomic E-state index is 0.185. The van der Waals surface area contributed by atoms with E-state index >= 15 is 0 Å². The fourth-order valence-electron chi connectivity index (χ4n) is 3.71. The number of carbonyl (C=O) groups is 1. The molecule has 3 rings (SSSR count). The van der Waals surface area contributed by atoms with Crippen LogP contribution in [0.25, 0.3) is 0 Å². The van der Waals surface area contributed by atoms with E-state index in [0.29, 0.717) is 19.1 Å². The predicted octanol–water partition coefficient (Wildman–Crippen LogP) is 3.49. The minimum absolute atomic E-state index is 0.185. The Morgan fingerprint density at radius 2 is 2.00 bits per heavy atom. The Morgan fingerprint density at radius 1 is 1.24 bits per heavy atom. The van der Waals surface area contributed by atoms with Crippen molar-refractivity contribution in [3.05, 3.63) is 41.5 Å². The molecule has 0 unspecified atom stereocenters. The van der Waals surface area contributed by atoms with Crippen molar-refractivity contribution >= 4 is 5.91 Å². The highest BCUT2D eigenvalue weighted by molar-refractivity contribution is 5.77. The molecule has 4 nitrogen and oxygen atoms in total.